The topological polar surface area (TPSA) is 84.7 Å². The lowest BCUT2D eigenvalue weighted by Crippen LogP contribution is -2.10. The van der Waals surface area contributed by atoms with E-state index in [2.05, 4.69) is 20.2 Å². The fourth-order valence-corrected chi connectivity index (χ4v) is 2.52. The van der Waals surface area contributed by atoms with Crippen LogP contribution in [0, 0.1) is 0 Å². The molecule has 6 nitrogen and oxygen atoms in total. The van der Waals surface area contributed by atoms with Gasteiger partial charge in [0.1, 0.15) is 0 Å². The van der Waals surface area contributed by atoms with Crippen LogP contribution in [0.25, 0.3) is 34.1 Å². The predicted octanol–water partition coefficient (Wildman–Crippen LogP) is 3.20. The lowest BCUT2D eigenvalue weighted by molar-refractivity contribution is 0.579. The van der Waals surface area contributed by atoms with Crippen molar-refractivity contribution in [1.29, 1.82) is 0 Å². The number of rotatable bonds is 3. The van der Waals surface area contributed by atoms with Gasteiger partial charge >= 0.3 is 0 Å². The van der Waals surface area contributed by atoms with Crippen LogP contribution >= 0.6 is 0 Å². The molecule has 0 unspecified atom stereocenters. The molecular weight excluding hydrogens is 304 g/mol. The molecule has 0 atom stereocenters. The van der Waals surface area contributed by atoms with Gasteiger partial charge in [-0.1, -0.05) is 31.2 Å². The largest absolute Gasteiger partial charge is 0.413 e. The third kappa shape index (κ3) is 2.48. The minimum Gasteiger partial charge on any atom is -0.413 e. The molecule has 0 saturated heterocycles. The fourth-order valence-electron chi connectivity index (χ4n) is 2.52. The number of benzene rings is 2. The second-order valence-electron chi connectivity index (χ2n) is 5.40. The lowest BCUT2D eigenvalue weighted by atomic mass is 10.1. The van der Waals surface area contributed by atoms with Crippen LogP contribution in [0.5, 0.6) is 0 Å². The van der Waals surface area contributed by atoms with Gasteiger partial charge in [-0.3, -0.25) is 4.79 Å². The zero-order valence-electron chi connectivity index (χ0n) is 13.0. The number of hydrogen-bond acceptors (Lipinski definition) is 5. The molecule has 0 radical (unpaired) electrons. The van der Waals surface area contributed by atoms with Gasteiger partial charge in [-0.2, -0.15) is 0 Å². The number of fused-ring (bicyclic) bond motifs is 1. The van der Waals surface area contributed by atoms with E-state index in [0.717, 1.165) is 17.5 Å². The van der Waals surface area contributed by atoms with Crippen LogP contribution in [0.4, 0.5) is 0 Å². The molecule has 0 amide bonds. The molecule has 2 aromatic carbocycles. The van der Waals surface area contributed by atoms with Crippen LogP contribution in [0.3, 0.4) is 0 Å². The molecule has 0 aliphatic carbocycles. The van der Waals surface area contributed by atoms with Gasteiger partial charge in [0.15, 0.2) is 5.82 Å². The zero-order chi connectivity index (χ0) is 16.5. The van der Waals surface area contributed by atoms with E-state index in [9.17, 15) is 4.79 Å². The molecule has 0 aliphatic rings. The molecule has 2 aromatic heterocycles. The highest BCUT2D eigenvalue weighted by atomic mass is 16.4. The maximum atomic E-state index is 12.3. The van der Waals surface area contributed by atoms with Gasteiger partial charge < -0.3 is 9.40 Å². The number of nitrogens with one attached hydrogen (secondary N) is 1. The Bertz CT molecular complexity index is 1070. The van der Waals surface area contributed by atoms with Crippen LogP contribution in [-0.2, 0) is 6.42 Å². The third-order valence-corrected chi connectivity index (χ3v) is 3.83. The number of hydrogen-bond donors (Lipinski definition) is 1. The summed E-state index contributed by atoms with van der Waals surface area (Å²) in [5.41, 5.74) is 2.29. The van der Waals surface area contributed by atoms with Crippen molar-refractivity contribution in [3.8, 4) is 23.2 Å². The van der Waals surface area contributed by atoms with Crippen molar-refractivity contribution in [1.82, 2.24) is 20.2 Å². The Morgan fingerprint density at radius 2 is 1.83 bits per heavy atom. The smallest absolute Gasteiger partial charge is 0.284 e. The van der Waals surface area contributed by atoms with Gasteiger partial charge in [0.25, 0.3) is 11.4 Å². The minimum atomic E-state index is -0.218. The summed E-state index contributed by atoms with van der Waals surface area (Å²) in [6.45, 7) is 2.04. The molecule has 0 aliphatic heterocycles. The van der Waals surface area contributed by atoms with E-state index < -0.39 is 0 Å². The fraction of sp³-hybridized carbons (Fsp3) is 0.111. The van der Waals surface area contributed by atoms with Gasteiger partial charge in [-0.15, -0.1) is 10.2 Å². The summed E-state index contributed by atoms with van der Waals surface area (Å²) in [6, 6.07) is 15.1. The average molecular weight is 318 g/mol. The molecule has 0 spiro atoms. The highest BCUT2D eigenvalue weighted by Gasteiger charge is 2.14. The zero-order valence-corrected chi connectivity index (χ0v) is 13.0. The van der Waals surface area contributed by atoms with Crippen molar-refractivity contribution in [2.24, 2.45) is 0 Å². The van der Waals surface area contributed by atoms with E-state index in [1.807, 2.05) is 55.5 Å². The first-order valence-electron chi connectivity index (χ1n) is 7.67. The molecule has 24 heavy (non-hydrogen) atoms. The van der Waals surface area contributed by atoms with E-state index in [0.29, 0.717) is 16.8 Å². The summed E-state index contributed by atoms with van der Waals surface area (Å²) in [7, 11) is 0. The number of aromatic nitrogens is 4. The van der Waals surface area contributed by atoms with Crippen molar-refractivity contribution in [2.45, 2.75) is 13.3 Å². The summed E-state index contributed by atoms with van der Waals surface area (Å²) in [4.78, 5) is 19.5. The molecule has 4 aromatic rings. The summed E-state index contributed by atoms with van der Waals surface area (Å²) in [5, 5.41) is 8.57. The van der Waals surface area contributed by atoms with Gasteiger partial charge in [0.05, 0.1) is 10.9 Å². The standard InChI is InChI=1S/C18H14N4O2/c1-2-11-8-9-14-13(10-11)16(23)20-15(19-14)18-22-21-17(24-18)12-6-4-3-5-7-12/h3-10H,2H2,1H3,(H,19,20,23). The molecular formula is C18H14N4O2. The Balaban J connectivity index is 1.80. The highest BCUT2D eigenvalue weighted by Crippen LogP contribution is 2.22. The monoisotopic (exact) mass is 318 g/mol. The second kappa shape index (κ2) is 5.73. The molecule has 6 heteroatoms. The third-order valence-electron chi connectivity index (χ3n) is 3.83. The van der Waals surface area contributed by atoms with Crippen LogP contribution < -0.4 is 5.56 Å². The molecule has 0 saturated carbocycles. The second-order valence-corrected chi connectivity index (χ2v) is 5.40. The number of aryl methyl sites for hydroxylation is 1. The van der Waals surface area contributed by atoms with E-state index >= 15 is 0 Å². The normalized spacial score (nSPS) is 11.0. The Kier molecular flexibility index (Phi) is 3.42. The maximum absolute atomic E-state index is 12.3. The van der Waals surface area contributed by atoms with E-state index in [-0.39, 0.29) is 17.3 Å². The van der Waals surface area contributed by atoms with Gasteiger partial charge in [-0.05, 0) is 36.2 Å². The van der Waals surface area contributed by atoms with Crippen molar-refractivity contribution in [3.63, 3.8) is 0 Å². The van der Waals surface area contributed by atoms with Crippen molar-refractivity contribution >= 4 is 10.9 Å². The SMILES string of the molecule is CCc1ccc2nc(-c3nnc(-c4ccccc4)o3)[nH]c(=O)c2c1. The van der Waals surface area contributed by atoms with Crippen LogP contribution in [-0.4, -0.2) is 20.2 Å². The van der Waals surface area contributed by atoms with E-state index in [1.165, 1.54) is 0 Å². The summed E-state index contributed by atoms with van der Waals surface area (Å²) in [6.07, 6.45) is 0.862. The van der Waals surface area contributed by atoms with Gasteiger partial charge in [0.2, 0.25) is 5.89 Å². The number of aromatic amines is 1. The van der Waals surface area contributed by atoms with E-state index in [1.54, 1.807) is 0 Å². The van der Waals surface area contributed by atoms with Crippen molar-refractivity contribution in [2.75, 3.05) is 0 Å². The molecule has 118 valence electrons. The highest BCUT2D eigenvalue weighted by molar-refractivity contribution is 5.79. The van der Waals surface area contributed by atoms with Crippen LogP contribution in [0.2, 0.25) is 0 Å². The summed E-state index contributed by atoms with van der Waals surface area (Å²) < 4.78 is 5.65. The van der Waals surface area contributed by atoms with Crippen LogP contribution in [0.1, 0.15) is 12.5 Å². The molecule has 0 fully saturated rings. The quantitative estimate of drug-likeness (QED) is 0.627. The average Bonchev–Trinajstić information content (AvgIpc) is 3.12. The first kappa shape index (κ1) is 14.3. The van der Waals surface area contributed by atoms with Crippen molar-refractivity contribution < 1.29 is 4.42 Å². The van der Waals surface area contributed by atoms with Gasteiger partial charge in [-0.25, -0.2) is 4.98 Å². The molecule has 4 rings (SSSR count). The van der Waals surface area contributed by atoms with Crippen LogP contribution in [0.15, 0.2) is 57.7 Å². The number of nitrogens with zero attached hydrogens (tertiary/aromatic N) is 3. The minimum absolute atomic E-state index is 0.187. The number of H-pyrrole nitrogens is 1. The summed E-state index contributed by atoms with van der Waals surface area (Å²) in [5.74, 6) is 0.841. The molecule has 2 heterocycles. The molecule has 1 N–H and O–H groups in total. The Labute approximate surface area is 137 Å². The summed E-state index contributed by atoms with van der Waals surface area (Å²) >= 11 is 0. The first-order chi connectivity index (χ1) is 11.7. The Morgan fingerprint density at radius 3 is 2.62 bits per heavy atom. The van der Waals surface area contributed by atoms with Crippen molar-refractivity contribution in [3.05, 3.63) is 64.4 Å². The maximum Gasteiger partial charge on any atom is 0.284 e. The Hall–Kier alpha value is -3.28. The first-order valence-corrected chi connectivity index (χ1v) is 7.67. The van der Waals surface area contributed by atoms with Gasteiger partial charge in [0, 0.05) is 5.56 Å². The molecule has 0 bridgehead atoms. The predicted molar refractivity (Wildman–Crippen MR) is 90.5 cm³/mol. The van der Waals surface area contributed by atoms with E-state index in [4.69, 9.17) is 4.42 Å². The Morgan fingerprint density at radius 1 is 1.04 bits per heavy atom. The lowest BCUT2D eigenvalue weighted by Gasteiger charge is -2.01.